The van der Waals surface area contributed by atoms with Crippen LogP contribution in [0.4, 0.5) is 11.5 Å². The largest absolute Gasteiger partial charge is 0.361 e. The van der Waals surface area contributed by atoms with Crippen molar-refractivity contribution in [2.45, 2.75) is 20.3 Å². The zero-order chi connectivity index (χ0) is 16.9. The molecule has 0 spiro atoms. The predicted molar refractivity (Wildman–Crippen MR) is 98.4 cm³/mol. The van der Waals surface area contributed by atoms with Gasteiger partial charge in [-0.3, -0.25) is 4.79 Å². The molecule has 0 saturated heterocycles. The Bertz CT molecular complexity index is 819. The van der Waals surface area contributed by atoms with Crippen LogP contribution in [-0.2, 0) is 11.2 Å². The summed E-state index contributed by atoms with van der Waals surface area (Å²) in [5.41, 5.74) is 2.76. The molecule has 3 rings (SSSR count). The Hall–Kier alpha value is -2.82. The summed E-state index contributed by atoms with van der Waals surface area (Å²) in [5, 5.41) is 4.00. The molecule has 3 aromatic rings. The molecule has 0 aliphatic carbocycles. The summed E-state index contributed by atoms with van der Waals surface area (Å²) in [6.45, 7) is 6.02. The summed E-state index contributed by atoms with van der Waals surface area (Å²) in [7, 11) is 0. The van der Waals surface area contributed by atoms with Gasteiger partial charge in [0.25, 0.3) is 0 Å². The van der Waals surface area contributed by atoms with Gasteiger partial charge in [0.15, 0.2) is 0 Å². The van der Waals surface area contributed by atoms with Gasteiger partial charge in [-0.15, -0.1) is 0 Å². The Labute approximate surface area is 141 Å². The van der Waals surface area contributed by atoms with E-state index < -0.39 is 0 Å². The maximum absolute atomic E-state index is 12.3. The number of pyridine rings is 1. The number of carbonyl (C=O) groups excluding carboxylic acids is 1. The van der Waals surface area contributed by atoms with Crippen molar-refractivity contribution in [3.05, 3.63) is 54.4 Å². The zero-order valence-corrected chi connectivity index (χ0v) is 14.0. The van der Waals surface area contributed by atoms with Crippen LogP contribution in [0.3, 0.4) is 0 Å². The molecule has 0 saturated carbocycles. The second-order valence-electron chi connectivity index (χ2n) is 5.66. The summed E-state index contributed by atoms with van der Waals surface area (Å²) >= 11 is 0. The molecule has 0 atom stereocenters. The number of rotatable bonds is 6. The molecular weight excluding hydrogens is 300 g/mol. The van der Waals surface area contributed by atoms with Gasteiger partial charge < -0.3 is 15.2 Å². The fraction of sp³-hybridized carbons (Fsp3) is 0.263. The normalized spacial score (nSPS) is 10.8. The number of aromatic amines is 1. The number of carbonyl (C=O) groups is 1. The standard InChI is InChI=1S/C19H22N4O/c1-3-23(4-2)18-10-9-15(13-21-18)22-19(24)11-14-12-20-17-8-6-5-7-16(14)17/h5-10,12-13,20H,3-4,11H2,1-2H3,(H,22,24). The predicted octanol–water partition coefficient (Wildman–Crippen LogP) is 3.59. The van der Waals surface area contributed by atoms with E-state index in [2.05, 4.69) is 34.0 Å². The van der Waals surface area contributed by atoms with E-state index >= 15 is 0 Å². The maximum Gasteiger partial charge on any atom is 0.228 e. The second-order valence-corrected chi connectivity index (χ2v) is 5.66. The minimum atomic E-state index is -0.0443. The molecule has 1 aromatic carbocycles. The number of hydrogen-bond donors (Lipinski definition) is 2. The molecule has 1 amide bonds. The van der Waals surface area contributed by atoms with Crippen LogP contribution >= 0.6 is 0 Å². The van der Waals surface area contributed by atoms with E-state index in [9.17, 15) is 4.79 Å². The number of H-pyrrole nitrogens is 1. The summed E-state index contributed by atoms with van der Waals surface area (Å²) in [5.74, 6) is 0.881. The maximum atomic E-state index is 12.3. The van der Waals surface area contributed by atoms with Crippen molar-refractivity contribution in [1.29, 1.82) is 0 Å². The lowest BCUT2D eigenvalue weighted by molar-refractivity contribution is -0.115. The van der Waals surface area contributed by atoms with Crippen molar-refractivity contribution in [3.8, 4) is 0 Å². The Kier molecular flexibility index (Phi) is 4.79. The van der Waals surface area contributed by atoms with Crippen molar-refractivity contribution in [1.82, 2.24) is 9.97 Å². The van der Waals surface area contributed by atoms with E-state index in [1.54, 1.807) is 6.20 Å². The van der Waals surface area contributed by atoms with Crippen LogP contribution in [0.25, 0.3) is 10.9 Å². The molecule has 5 nitrogen and oxygen atoms in total. The van der Waals surface area contributed by atoms with Gasteiger partial charge in [-0.2, -0.15) is 0 Å². The molecule has 0 aliphatic rings. The number of anilines is 2. The quantitative estimate of drug-likeness (QED) is 0.729. The average Bonchev–Trinajstić information content (AvgIpc) is 3.00. The van der Waals surface area contributed by atoms with E-state index in [-0.39, 0.29) is 5.91 Å². The minimum Gasteiger partial charge on any atom is -0.361 e. The molecule has 0 fully saturated rings. The highest BCUT2D eigenvalue weighted by Crippen LogP contribution is 2.19. The molecule has 124 valence electrons. The Morgan fingerprint density at radius 2 is 1.96 bits per heavy atom. The van der Waals surface area contributed by atoms with E-state index in [0.717, 1.165) is 41.1 Å². The van der Waals surface area contributed by atoms with Crippen molar-refractivity contribution in [3.63, 3.8) is 0 Å². The number of hydrogen-bond acceptors (Lipinski definition) is 3. The molecule has 0 aliphatic heterocycles. The van der Waals surface area contributed by atoms with Gasteiger partial charge >= 0.3 is 0 Å². The summed E-state index contributed by atoms with van der Waals surface area (Å²) < 4.78 is 0. The summed E-state index contributed by atoms with van der Waals surface area (Å²) in [4.78, 5) is 22.1. The van der Waals surface area contributed by atoms with E-state index in [4.69, 9.17) is 0 Å². The zero-order valence-electron chi connectivity index (χ0n) is 14.0. The van der Waals surface area contributed by atoms with Crippen molar-refractivity contribution < 1.29 is 4.79 Å². The Balaban J connectivity index is 1.66. The van der Waals surface area contributed by atoms with Crippen LogP contribution < -0.4 is 10.2 Å². The number of benzene rings is 1. The molecule has 0 radical (unpaired) electrons. The first-order valence-electron chi connectivity index (χ1n) is 8.27. The third kappa shape index (κ3) is 3.40. The highest BCUT2D eigenvalue weighted by Gasteiger charge is 2.09. The first-order valence-corrected chi connectivity index (χ1v) is 8.27. The van der Waals surface area contributed by atoms with Crippen LogP contribution in [0.15, 0.2) is 48.8 Å². The topological polar surface area (TPSA) is 61.0 Å². The highest BCUT2D eigenvalue weighted by atomic mass is 16.1. The van der Waals surface area contributed by atoms with Crippen molar-refractivity contribution >= 4 is 28.3 Å². The van der Waals surface area contributed by atoms with E-state index in [1.807, 2.05) is 42.6 Å². The van der Waals surface area contributed by atoms with Gasteiger partial charge in [0, 0.05) is 30.2 Å². The number of para-hydroxylation sites is 1. The highest BCUT2D eigenvalue weighted by molar-refractivity contribution is 5.95. The summed E-state index contributed by atoms with van der Waals surface area (Å²) in [6.07, 6.45) is 3.94. The van der Waals surface area contributed by atoms with Crippen LogP contribution in [0.1, 0.15) is 19.4 Å². The monoisotopic (exact) mass is 322 g/mol. The van der Waals surface area contributed by atoms with Gasteiger partial charge in [-0.1, -0.05) is 18.2 Å². The first kappa shape index (κ1) is 16.1. The van der Waals surface area contributed by atoms with E-state index in [0.29, 0.717) is 6.42 Å². The molecule has 24 heavy (non-hydrogen) atoms. The van der Waals surface area contributed by atoms with Gasteiger partial charge in [-0.25, -0.2) is 4.98 Å². The SMILES string of the molecule is CCN(CC)c1ccc(NC(=O)Cc2c[nH]c3ccccc23)cn1. The lowest BCUT2D eigenvalue weighted by Gasteiger charge is -2.19. The van der Waals surface area contributed by atoms with Gasteiger partial charge in [-0.05, 0) is 37.6 Å². The molecule has 0 bridgehead atoms. The number of amides is 1. The molecule has 0 unspecified atom stereocenters. The molecule has 2 aromatic heterocycles. The van der Waals surface area contributed by atoms with Gasteiger partial charge in [0.05, 0.1) is 18.3 Å². The van der Waals surface area contributed by atoms with Crippen molar-refractivity contribution in [2.75, 3.05) is 23.3 Å². The third-order valence-electron chi connectivity index (χ3n) is 4.14. The molecular formula is C19H22N4O. The van der Waals surface area contributed by atoms with Gasteiger partial charge in [0.1, 0.15) is 5.82 Å². The minimum absolute atomic E-state index is 0.0443. The second kappa shape index (κ2) is 7.17. The fourth-order valence-electron chi connectivity index (χ4n) is 2.85. The summed E-state index contributed by atoms with van der Waals surface area (Å²) in [6, 6.07) is 11.8. The van der Waals surface area contributed by atoms with Crippen molar-refractivity contribution in [2.24, 2.45) is 0 Å². The first-order chi connectivity index (χ1) is 11.7. The molecule has 2 N–H and O–H groups in total. The Morgan fingerprint density at radius 3 is 2.67 bits per heavy atom. The number of fused-ring (bicyclic) bond motifs is 1. The number of nitrogens with one attached hydrogen (secondary N) is 2. The molecule has 2 heterocycles. The lowest BCUT2D eigenvalue weighted by atomic mass is 10.1. The molecule has 5 heteroatoms. The van der Waals surface area contributed by atoms with Crippen LogP contribution in [0, 0.1) is 0 Å². The van der Waals surface area contributed by atoms with Crippen LogP contribution in [0.5, 0.6) is 0 Å². The number of nitrogens with zero attached hydrogens (tertiary/aromatic N) is 2. The lowest BCUT2D eigenvalue weighted by Crippen LogP contribution is -2.23. The third-order valence-corrected chi connectivity index (χ3v) is 4.14. The average molecular weight is 322 g/mol. The van der Waals surface area contributed by atoms with E-state index in [1.165, 1.54) is 0 Å². The van der Waals surface area contributed by atoms with Crippen LogP contribution in [0.2, 0.25) is 0 Å². The Morgan fingerprint density at radius 1 is 1.17 bits per heavy atom. The smallest absolute Gasteiger partial charge is 0.228 e. The van der Waals surface area contributed by atoms with Gasteiger partial charge in [0.2, 0.25) is 5.91 Å². The number of aromatic nitrogens is 2. The fourth-order valence-corrected chi connectivity index (χ4v) is 2.85. The van der Waals surface area contributed by atoms with Crippen LogP contribution in [-0.4, -0.2) is 29.0 Å².